The number of nitrogens with zero attached hydrogens (tertiary/aromatic N) is 6. The van der Waals surface area contributed by atoms with E-state index >= 15 is 0 Å². The second-order valence-electron chi connectivity index (χ2n) is 7.02. The van der Waals surface area contributed by atoms with E-state index in [-0.39, 0.29) is 22.8 Å². The summed E-state index contributed by atoms with van der Waals surface area (Å²) in [6.07, 6.45) is 0. The van der Waals surface area contributed by atoms with Gasteiger partial charge < -0.3 is 5.11 Å². The Morgan fingerprint density at radius 1 is 0.969 bits per heavy atom. The lowest BCUT2D eigenvalue weighted by Gasteiger charge is -2.07. The lowest BCUT2D eigenvalue weighted by atomic mass is 10.3. The Hall–Kier alpha value is -3.07. The Kier molecular flexibility index (Phi) is 5.85. The highest BCUT2D eigenvalue weighted by atomic mass is 35.5. The summed E-state index contributed by atoms with van der Waals surface area (Å²) in [6, 6.07) is 11.7. The van der Waals surface area contributed by atoms with Gasteiger partial charge in [-0.05, 0) is 50.2 Å². The van der Waals surface area contributed by atoms with Crippen molar-refractivity contribution in [3.63, 3.8) is 0 Å². The fourth-order valence-corrected chi connectivity index (χ4v) is 3.80. The van der Waals surface area contributed by atoms with Crippen molar-refractivity contribution in [2.24, 2.45) is 17.3 Å². The van der Waals surface area contributed by atoms with E-state index in [9.17, 15) is 9.90 Å². The second-order valence-corrected chi connectivity index (χ2v) is 8.30. The molecule has 11 heteroatoms. The minimum atomic E-state index is -0.376. The van der Waals surface area contributed by atoms with E-state index in [2.05, 4.69) is 15.3 Å². The first-order valence-electron chi connectivity index (χ1n) is 9.39. The van der Waals surface area contributed by atoms with Crippen molar-refractivity contribution in [1.29, 1.82) is 0 Å². The summed E-state index contributed by atoms with van der Waals surface area (Å²) in [5, 5.41) is 24.5. The van der Waals surface area contributed by atoms with Gasteiger partial charge >= 0.3 is 0 Å². The Labute approximate surface area is 197 Å². The average molecular weight is 492 g/mol. The number of hydrogen-bond donors (Lipinski definition) is 1. The third kappa shape index (κ3) is 3.81. The van der Waals surface area contributed by atoms with E-state index < -0.39 is 0 Å². The number of benzene rings is 2. The van der Waals surface area contributed by atoms with Crippen LogP contribution in [0.5, 0.6) is 5.88 Å². The van der Waals surface area contributed by atoms with Gasteiger partial charge in [-0.2, -0.15) is 9.78 Å². The molecule has 1 N–H and O–H groups in total. The molecule has 2 heterocycles. The van der Waals surface area contributed by atoms with Gasteiger partial charge in [-0.1, -0.05) is 40.9 Å². The van der Waals surface area contributed by atoms with Crippen LogP contribution in [0.4, 0.5) is 11.4 Å². The third-order valence-electron chi connectivity index (χ3n) is 4.97. The molecule has 0 aliphatic heterocycles. The van der Waals surface area contributed by atoms with Crippen LogP contribution in [0.3, 0.4) is 0 Å². The van der Waals surface area contributed by atoms with Gasteiger partial charge in [-0.3, -0.25) is 9.48 Å². The van der Waals surface area contributed by atoms with Gasteiger partial charge in [-0.25, -0.2) is 4.68 Å². The SMILES string of the molecule is Cc1nn(-c2cc(Cl)ccc2Cl)c(O)c1/N=N/c1c(C)n(C)n(-c2cccc(Cl)c2)c1=O. The molecular weight excluding hydrogens is 475 g/mol. The monoisotopic (exact) mass is 490 g/mol. The molecule has 4 rings (SSSR count). The van der Waals surface area contributed by atoms with Crippen LogP contribution in [0.2, 0.25) is 15.1 Å². The Bertz CT molecular complexity index is 1430. The standard InChI is InChI=1S/C21H17Cl3N6O2/c1-11-18(20(31)29(27-11)17-10-14(23)7-8-16(17)24)25-26-19-12(2)28(3)30(21(19)32)15-6-4-5-13(22)9-15/h4-10,31H,1-3H3/b26-25+. The summed E-state index contributed by atoms with van der Waals surface area (Å²) in [4.78, 5) is 13.1. The first-order valence-corrected chi connectivity index (χ1v) is 10.5. The van der Waals surface area contributed by atoms with Gasteiger partial charge in [0.1, 0.15) is 0 Å². The van der Waals surface area contributed by atoms with Crippen molar-refractivity contribution in [1.82, 2.24) is 19.1 Å². The highest BCUT2D eigenvalue weighted by molar-refractivity contribution is 6.34. The molecule has 0 fully saturated rings. The Morgan fingerprint density at radius 3 is 2.38 bits per heavy atom. The number of rotatable bonds is 4. The Balaban J connectivity index is 1.78. The maximum Gasteiger partial charge on any atom is 0.299 e. The molecule has 32 heavy (non-hydrogen) atoms. The minimum absolute atomic E-state index is 0.109. The number of azo groups is 1. The molecular formula is C21H17Cl3N6O2. The number of hydrogen-bond acceptors (Lipinski definition) is 5. The van der Waals surface area contributed by atoms with Crippen LogP contribution < -0.4 is 5.56 Å². The molecule has 0 atom stereocenters. The summed E-state index contributed by atoms with van der Waals surface area (Å²) in [5.74, 6) is -0.279. The van der Waals surface area contributed by atoms with Gasteiger partial charge in [0.25, 0.3) is 5.56 Å². The van der Waals surface area contributed by atoms with Crippen LogP contribution in [-0.2, 0) is 7.05 Å². The van der Waals surface area contributed by atoms with Crippen molar-refractivity contribution < 1.29 is 5.11 Å². The van der Waals surface area contributed by atoms with Crippen molar-refractivity contribution in [3.05, 3.63) is 79.3 Å². The van der Waals surface area contributed by atoms with Crippen molar-refractivity contribution in [2.75, 3.05) is 0 Å². The van der Waals surface area contributed by atoms with Gasteiger partial charge in [0.2, 0.25) is 5.88 Å². The molecule has 164 valence electrons. The molecule has 8 nitrogen and oxygen atoms in total. The van der Waals surface area contributed by atoms with E-state index in [1.807, 2.05) is 0 Å². The number of halogens is 3. The van der Waals surface area contributed by atoms with E-state index in [1.54, 1.807) is 68.0 Å². The van der Waals surface area contributed by atoms with Crippen LogP contribution in [0.25, 0.3) is 11.4 Å². The van der Waals surface area contributed by atoms with Crippen LogP contribution in [0.1, 0.15) is 11.4 Å². The molecule has 0 saturated carbocycles. The quantitative estimate of drug-likeness (QED) is 0.352. The summed E-state index contributed by atoms with van der Waals surface area (Å²) < 4.78 is 4.32. The summed E-state index contributed by atoms with van der Waals surface area (Å²) in [6.45, 7) is 3.41. The number of aryl methyl sites for hydroxylation is 1. The fourth-order valence-electron chi connectivity index (χ4n) is 3.25. The predicted octanol–water partition coefficient (Wildman–Crippen LogP) is 6.06. The maximum absolute atomic E-state index is 13.1. The molecule has 2 aromatic heterocycles. The largest absolute Gasteiger partial charge is 0.492 e. The summed E-state index contributed by atoms with van der Waals surface area (Å²) in [7, 11) is 1.73. The Morgan fingerprint density at radius 2 is 1.66 bits per heavy atom. The van der Waals surface area contributed by atoms with Crippen LogP contribution in [0.15, 0.2) is 57.5 Å². The first-order chi connectivity index (χ1) is 15.2. The van der Waals surface area contributed by atoms with Crippen LogP contribution >= 0.6 is 34.8 Å². The van der Waals surface area contributed by atoms with Crippen molar-refractivity contribution >= 4 is 46.2 Å². The normalized spacial score (nSPS) is 11.6. The zero-order valence-electron chi connectivity index (χ0n) is 17.2. The zero-order chi connectivity index (χ0) is 23.2. The average Bonchev–Trinajstić information content (AvgIpc) is 3.14. The molecule has 0 radical (unpaired) electrons. The molecule has 0 saturated heterocycles. The fraction of sp³-hybridized carbons (Fsp3) is 0.143. The molecule has 0 spiro atoms. The molecule has 0 amide bonds. The van der Waals surface area contributed by atoms with E-state index in [1.165, 1.54) is 9.36 Å². The van der Waals surface area contributed by atoms with Gasteiger partial charge in [0.15, 0.2) is 11.4 Å². The van der Waals surface area contributed by atoms with Crippen molar-refractivity contribution in [3.8, 4) is 17.3 Å². The van der Waals surface area contributed by atoms with E-state index in [4.69, 9.17) is 34.8 Å². The summed E-state index contributed by atoms with van der Waals surface area (Å²) in [5.41, 5.74) is 1.82. The van der Waals surface area contributed by atoms with Gasteiger partial charge in [-0.15, -0.1) is 10.2 Å². The van der Waals surface area contributed by atoms with Crippen molar-refractivity contribution in [2.45, 2.75) is 13.8 Å². The minimum Gasteiger partial charge on any atom is -0.492 e. The smallest absolute Gasteiger partial charge is 0.299 e. The van der Waals surface area contributed by atoms with Crippen LogP contribution in [0, 0.1) is 13.8 Å². The van der Waals surface area contributed by atoms with Crippen LogP contribution in [-0.4, -0.2) is 24.3 Å². The molecule has 0 bridgehead atoms. The molecule has 4 aromatic rings. The molecule has 2 aromatic carbocycles. The van der Waals surface area contributed by atoms with Gasteiger partial charge in [0, 0.05) is 17.1 Å². The summed E-state index contributed by atoms with van der Waals surface area (Å²) >= 11 is 18.4. The second kappa shape index (κ2) is 8.46. The third-order valence-corrected chi connectivity index (χ3v) is 5.76. The zero-order valence-corrected chi connectivity index (χ0v) is 19.5. The van der Waals surface area contributed by atoms with E-state index in [0.717, 1.165) is 0 Å². The lowest BCUT2D eigenvalue weighted by Crippen LogP contribution is -2.19. The molecule has 0 aliphatic rings. The highest BCUT2D eigenvalue weighted by Gasteiger charge is 2.20. The lowest BCUT2D eigenvalue weighted by molar-refractivity contribution is 0.434. The topological polar surface area (TPSA) is 89.7 Å². The first kappa shape index (κ1) is 22.1. The van der Waals surface area contributed by atoms with Gasteiger partial charge in [0.05, 0.1) is 27.8 Å². The molecule has 0 aliphatic carbocycles. The highest BCUT2D eigenvalue weighted by Crippen LogP contribution is 2.36. The number of aromatic nitrogens is 4. The number of aromatic hydroxyl groups is 1. The molecule has 0 unspecified atom stereocenters. The predicted molar refractivity (Wildman–Crippen MR) is 125 cm³/mol. The van der Waals surface area contributed by atoms with E-state index in [0.29, 0.717) is 37.8 Å². The maximum atomic E-state index is 13.1.